The molecular weight excluding hydrogens is 152 g/mol. The van der Waals surface area contributed by atoms with Gasteiger partial charge in [-0.15, -0.1) is 0 Å². The van der Waals surface area contributed by atoms with Gasteiger partial charge in [0.25, 0.3) is 0 Å². The van der Waals surface area contributed by atoms with Crippen LogP contribution in [0.25, 0.3) is 0 Å². The summed E-state index contributed by atoms with van der Waals surface area (Å²) in [5.74, 6) is 0.691. The maximum atomic E-state index is 11.1. The summed E-state index contributed by atoms with van der Waals surface area (Å²) < 4.78 is 5.37. The van der Waals surface area contributed by atoms with Gasteiger partial charge in [0.1, 0.15) is 6.29 Å². The molecule has 0 amide bonds. The molecule has 0 N–H and O–H groups in total. The van der Waals surface area contributed by atoms with E-state index in [4.69, 9.17) is 4.74 Å². The van der Waals surface area contributed by atoms with Crippen molar-refractivity contribution in [3.8, 4) is 0 Å². The second kappa shape index (κ2) is 3.17. The molecule has 68 valence electrons. The lowest BCUT2D eigenvalue weighted by atomic mass is 9.77. The molecular formula is C10H16O2. The highest BCUT2D eigenvalue weighted by Gasteiger charge is 2.44. The molecule has 1 saturated heterocycles. The Balaban J connectivity index is 2.06. The smallest absolute Gasteiger partial charge is 0.126 e. The Labute approximate surface area is 73.3 Å². The van der Waals surface area contributed by atoms with E-state index < -0.39 is 0 Å². The first-order chi connectivity index (χ1) is 5.87. The van der Waals surface area contributed by atoms with E-state index in [9.17, 15) is 4.79 Å². The minimum absolute atomic E-state index is 0.0104. The number of aldehydes is 1. The number of rotatable bonds is 2. The zero-order valence-electron chi connectivity index (χ0n) is 7.42. The molecule has 1 atom stereocenters. The van der Waals surface area contributed by atoms with Crippen molar-refractivity contribution < 1.29 is 9.53 Å². The maximum absolute atomic E-state index is 11.1. The van der Waals surface area contributed by atoms with Gasteiger partial charge in [-0.05, 0) is 38.0 Å². The van der Waals surface area contributed by atoms with Crippen molar-refractivity contribution in [1.29, 1.82) is 0 Å². The van der Waals surface area contributed by atoms with Gasteiger partial charge in [0.2, 0.25) is 0 Å². The minimum atomic E-state index is 0.0104. The van der Waals surface area contributed by atoms with E-state index in [-0.39, 0.29) is 5.41 Å². The summed E-state index contributed by atoms with van der Waals surface area (Å²) in [6, 6.07) is 0. The van der Waals surface area contributed by atoms with Crippen molar-refractivity contribution in [2.75, 3.05) is 13.2 Å². The number of hydrogen-bond donors (Lipinski definition) is 0. The highest BCUT2D eigenvalue weighted by Crippen LogP contribution is 2.49. The van der Waals surface area contributed by atoms with Crippen molar-refractivity contribution in [2.45, 2.75) is 32.1 Å². The van der Waals surface area contributed by atoms with Crippen LogP contribution in [0.3, 0.4) is 0 Å². The van der Waals surface area contributed by atoms with E-state index in [0.29, 0.717) is 5.92 Å². The summed E-state index contributed by atoms with van der Waals surface area (Å²) in [6.45, 7) is 1.64. The van der Waals surface area contributed by atoms with Crippen LogP contribution in [0.4, 0.5) is 0 Å². The van der Waals surface area contributed by atoms with Crippen molar-refractivity contribution in [1.82, 2.24) is 0 Å². The Bertz CT molecular complexity index is 165. The van der Waals surface area contributed by atoms with Gasteiger partial charge in [0.15, 0.2) is 0 Å². The highest BCUT2D eigenvalue weighted by atomic mass is 16.5. The maximum Gasteiger partial charge on any atom is 0.126 e. The van der Waals surface area contributed by atoms with E-state index in [1.807, 2.05) is 0 Å². The molecule has 0 spiro atoms. The third kappa shape index (κ3) is 1.40. The van der Waals surface area contributed by atoms with Crippen LogP contribution in [0.5, 0.6) is 0 Å². The average Bonchev–Trinajstić information content (AvgIpc) is 2.92. The van der Waals surface area contributed by atoms with Crippen molar-refractivity contribution >= 4 is 6.29 Å². The van der Waals surface area contributed by atoms with Crippen LogP contribution in [-0.2, 0) is 9.53 Å². The second-order valence-corrected chi connectivity index (χ2v) is 4.09. The van der Waals surface area contributed by atoms with Crippen LogP contribution in [0.1, 0.15) is 32.1 Å². The van der Waals surface area contributed by atoms with E-state index in [2.05, 4.69) is 0 Å². The third-order valence-corrected chi connectivity index (χ3v) is 3.27. The first-order valence-electron chi connectivity index (χ1n) is 4.91. The standard InChI is InChI=1S/C10H16O2/c11-8-10(9-2-3-9)4-1-6-12-7-5-10/h8-9H,1-7H2. The number of ether oxygens (including phenoxy) is 1. The molecule has 1 aliphatic carbocycles. The molecule has 2 fully saturated rings. The van der Waals surface area contributed by atoms with E-state index in [0.717, 1.165) is 32.5 Å². The quantitative estimate of drug-likeness (QED) is 0.587. The molecule has 1 saturated carbocycles. The monoisotopic (exact) mass is 168 g/mol. The van der Waals surface area contributed by atoms with Gasteiger partial charge in [0.05, 0.1) is 0 Å². The van der Waals surface area contributed by atoms with Crippen molar-refractivity contribution in [3.05, 3.63) is 0 Å². The van der Waals surface area contributed by atoms with Gasteiger partial charge >= 0.3 is 0 Å². The number of carbonyl (C=O) groups is 1. The molecule has 2 aliphatic rings. The molecule has 2 nitrogen and oxygen atoms in total. The summed E-state index contributed by atoms with van der Waals surface area (Å²) >= 11 is 0. The number of hydrogen-bond acceptors (Lipinski definition) is 2. The molecule has 1 heterocycles. The second-order valence-electron chi connectivity index (χ2n) is 4.09. The predicted molar refractivity (Wildman–Crippen MR) is 45.9 cm³/mol. The lowest BCUT2D eigenvalue weighted by Crippen LogP contribution is -2.25. The molecule has 0 aromatic rings. The SMILES string of the molecule is O=CC1(C2CC2)CCCOCC1. The molecule has 1 aliphatic heterocycles. The van der Waals surface area contributed by atoms with Crippen LogP contribution in [0, 0.1) is 11.3 Å². The van der Waals surface area contributed by atoms with Gasteiger partial charge in [-0.1, -0.05) is 0 Å². The Morgan fingerprint density at radius 2 is 2.08 bits per heavy atom. The first kappa shape index (κ1) is 8.24. The van der Waals surface area contributed by atoms with E-state index in [1.54, 1.807) is 0 Å². The van der Waals surface area contributed by atoms with Gasteiger partial charge in [-0.25, -0.2) is 0 Å². The third-order valence-electron chi connectivity index (χ3n) is 3.27. The van der Waals surface area contributed by atoms with Gasteiger partial charge in [-0.2, -0.15) is 0 Å². The lowest BCUT2D eigenvalue weighted by Gasteiger charge is -2.25. The number of carbonyl (C=O) groups excluding carboxylic acids is 1. The van der Waals surface area contributed by atoms with Gasteiger partial charge in [0, 0.05) is 18.6 Å². The van der Waals surface area contributed by atoms with E-state index in [1.165, 1.54) is 19.1 Å². The minimum Gasteiger partial charge on any atom is -0.381 e. The Kier molecular flexibility index (Phi) is 2.18. The highest BCUT2D eigenvalue weighted by molar-refractivity contribution is 5.60. The normalized spacial score (nSPS) is 37.3. The average molecular weight is 168 g/mol. The molecule has 12 heavy (non-hydrogen) atoms. The topological polar surface area (TPSA) is 26.3 Å². The van der Waals surface area contributed by atoms with Crippen molar-refractivity contribution in [2.24, 2.45) is 11.3 Å². The molecule has 0 radical (unpaired) electrons. The predicted octanol–water partition coefficient (Wildman–Crippen LogP) is 1.78. The summed E-state index contributed by atoms with van der Waals surface area (Å²) in [5, 5.41) is 0. The fourth-order valence-corrected chi connectivity index (χ4v) is 2.27. The molecule has 0 bridgehead atoms. The first-order valence-corrected chi connectivity index (χ1v) is 4.91. The molecule has 0 aromatic heterocycles. The summed E-state index contributed by atoms with van der Waals surface area (Å²) in [6.07, 6.45) is 6.81. The summed E-state index contributed by atoms with van der Waals surface area (Å²) in [5.41, 5.74) is 0.0104. The Morgan fingerprint density at radius 3 is 2.75 bits per heavy atom. The zero-order chi connectivity index (χ0) is 8.44. The van der Waals surface area contributed by atoms with Crippen LogP contribution in [-0.4, -0.2) is 19.5 Å². The fraction of sp³-hybridized carbons (Fsp3) is 0.900. The molecule has 0 aromatic carbocycles. The lowest BCUT2D eigenvalue weighted by molar-refractivity contribution is -0.118. The molecule has 2 heteroatoms. The fourth-order valence-electron chi connectivity index (χ4n) is 2.27. The Morgan fingerprint density at radius 1 is 1.25 bits per heavy atom. The van der Waals surface area contributed by atoms with Crippen LogP contribution in [0.15, 0.2) is 0 Å². The van der Waals surface area contributed by atoms with E-state index >= 15 is 0 Å². The molecule has 1 unspecified atom stereocenters. The van der Waals surface area contributed by atoms with Crippen LogP contribution < -0.4 is 0 Å². The zero-order valence-corrected chi connectivity index (χ0v) is 7.42. The van der Waals surface area contributed by atoms with Crippen molar-refractivity contribution in [3.63, 3.8) is 0 Å². The van der Waals surface area contributed by atoms with Gasteiger partial charge < -0.3 is 9.53 Å². The van der Waals surface area contributed by atoms with Gasteiger partial charge in [-0.3, -0.25) is 0 Å². The summed E-state index contributed by atoms with van der Waals surface area (Å²) in [7, 11) is 0. The Hall–Kier alpha value is -0.370. The van der Waals surface area contributed by atoms with Crippen LogP contribution >= 0.6 is 0 Å². The molecule has 2 rings (SSSR count). The van der Waals surface area contributed by atoms with Crippen LogP contribution in [0.2, 0.25) is 0 Å². The summed E-state index contributed by atoms with van der Waals surface area (Å²) in [4.78, 5) is 11.1. The largest absolute Gasteiger partial charge is 0.381 e.